The molecule has 1 aliphatic rings. The fraction of sp³-hybridized carbons (Fsp3) is 0.462. The van der Waals surface area contributed by atoms with Gasteiger partial charge in [-0.25, -0.2) is 0 Å². The molecule has 0 saturated carbocycles. The van der Waals surface area contributed by atoms with Gasteiger partial charge in [-0.3, -0.25) is 4.79 Å². The van der Waals surface area contributed by atoms with Crippen LogP contribution in [0.3, 0.4) is 0 Å². The van der Waals surface area contributed by atoms with Crippen molar-refractivity contribution in [2.24, 2.45) is 0 Å². The smallest absolute Gasteiger partial charge is 0.263 e. The maximum atomic E-state index is 12.3. The van der Waals surface area contributed by atoms with E-state index < -0.39 is 36.0 Å². The van der Waals surface area contributed by atoms with E-state index in [2.05, 4.69) is 0 Å². The van der Waals surface area contributed by atoms with E-state index in [9.17, 15) is 20.1 Å². The van der Waals surface area contributed by atoms with Crippen molar-refractivity contribution in [3.8, 4) is 0 Å². The fourth-order valence-corrected chi connectivity index (χ4v) is 2.17. The monoisotopic (exact) mass is 268 g/mol. The van der Waals surface area contributed by atoms with E-state index >= 15 is 0 Å². The molecule has 4 N–H and O–H groups in total. The summed E-state index contributed by atoms with van der Waals surface area (Å²) < 4.78 is 5.00. The van der Waals surface area contributed by atoms with Crippen LogP contribution in [0.2, 0.25) is 0 Å². The van der Waals surface area contributed by atoms with Crippen LogP contribution in [0.25, 0.3) is 0 Å². The molecule has 104 valence electrons. The molecule has 0 aliphatic carbocycles. The summed E-state index contributed by atoms with van der Waals surface area (Å²) in [5.74, 6) is -3.46. The Kier molecular flexibility index (Phi) is 3.46. The Morgan fingerprint density at radius 2 is 1.89 bits per heavy atom. The summed E-state index contributed by atoms with van der Waals surface area (Å²) in [4.78, 5) is 12.3. The Morgan fingerprint density at radius 3 is 2.37 bits per heavy atom. The molecule has 1 fully saturated rings. The summed E-state index contributed by atoms with van der Waals surface area (Å²) in [5, 5.41) is 39.3. The minimum absolute atomic E-state index is 0.135. The number of Topliss-reactive ketones (excluding diaryl/α,β-unsaturated/α-hetero) is 1. The molecule has 1 unspecified atom stereocenters. The Balaban J connectivity index is 2.40. The third kappa shape index (κ3) is 1.98. The van der Waals surface area contributed by atoms with Crippen LogP contribution in [0.4, 0.5) is 0 Å². The number of rotatable bonds is 3. The number of hydrogen-bond acceptors (Lipinski definition) is 6. The first-order chi connectivity index (χ1) is 8.84. The third-order valence-electron chi connectivity index (χ3n) is 3.46. The van der Waals surface area contributed by atoms with Crippen LogP contribution in [0, 0.1) is 0 Å². The van der Waals surface area contributed by atoms with Crippen molar-refractivity contribution >= 4 is 5.78 Å². The largest absolute Gasteiger partial charge is 0.394 e. The zero-order valence-electron chi connectivity index (χ0n) is 10.4. The second-order valence-electron chi connectivity index (χ2n) is 4.77. The quantitative estimate of drug-likeness (QED) is 0.527. The minimum Gasteiger partial charge on any atom is -0.394 e. The van der Waals surface area contributed by atoms with E-state index in [1.54, 1.807) is 18.2 Å². The molecule has 0 bridgehead atoms. The number of benzene rings is 1. The zero-order valence-corrected chi connectivity index (χ0v) is 10.4. The van der Waals surface area contributed by atoms with E-state index in [1.165, 1.54) is 12.1 Å². The van der Waals surface area contributed by atoms with Gasteiger partial charge in [0.15, 0.2) is 5.60 Å². The van der Waals surface area contributed by atoms with Gasteiger partial charge in [-0.05, 0) is 6.92 Å². The summed E-state index contributed by atoms with van der Waals surface area (Å²) in [5.41, 5.74) is -2.08. The number of ether oxygens (including phenoxy) is 1. The molecule has 0 aromatic heterocycles. The lowest BCUT2D eigenvalue weighted by Gasteiger charge is -2.32. The molecule has 19 heavy (non-hydrogen) atoms. The first-order valence-corrected chi connectivity index (χ1v) is 5.86. The Morgan fingerprint density at radius 1 is 1.32 bits per heavy atom. The van der Waals surface area contributed by atoms with Crippen LogP contribution in [0.5, 0.6) is 0 Å². The lowest BCUT2D eigenvalue weighted by atomic mass is 9.85. The van der Waals surface area contributed by atoms with E-state index in [4.69, 9.17) is 9.84 Å². The van der Waals surface area contributed by atoms with Crippen LogP contribution in [0.15, 0.2) is 30.3 Å². The van der Waals surface area contributed by atoms with Crippen molar-refractivity contribution in [3.05, 3.63) is 35.9 Å². The average Bonchev–Trinajstić information content (AvgIpc) is 2.60. The van der Waals surface area contributed by atoms with Crippen molar-refractivity contribution in [2.75, 3.05) is 6.61 Å². The average molecular weight is 268 g/mol. The maximum Gasteiger partial charge on any atom is 0.263 e. The van der Waals surface area contributed by atoms with E-state index in [0.29, 0.717) is 0 Å². The molecule has 6 nitrogen and oxygen atoms in total. The van der Waals surface area contributed by atoms with Crippen molar-refractivity contribution in [1.82, 2.24) is 0 Å². The van der Waals surface area contributed by atoms with Crippen LogP contribution in [-0.2, 0) is 4.74 Å². The van der Waals surface area contributed by atoms with Crippen molar-refractivity contribution in [3.63, 3.8) is 0 Å². The van der Waals surface area contributed by atoms with Gasteiger partial charge in [0.2, 0.25) is 5.78 Å². The SMILES string of the molecule is C[C@@]1(O)[C@H](O)[C@@H](CO)OC1(O)C(=O)c1ccccc1. The summed E-state index contributed by atoms with van der Waals surface area (Å²) in [6.45, 7) is 0.468. The predicted octanol–water partition coefficient (Wildman–Crippen LogP) is -0.939. The fourth-order valence-electron chi connectivity index (χ4n) is 2.17. The van der Waals surface area contributed by atoms with Gasteiger partial charge in [-0.15, -0.1) is 0 Å². The number of aliphatic hydroxyl groups excluding tert-OH is 2. The number of carbonyl (C=O) groups is 1. The third-order valence-corrected chi connectivity index (χ3v) is 3.46. The van der Waals surface area contributed by atoms with Gasteiger partial charge in [0.25, 0.3) is 5.79 Å². The molecule has 0 radical (unpaired) electrons. The highest BCUT2D eigenvalue weighted by molar-refractivity contribution is 6.02. The molecular formula is C13H16O6. The van der Waals surface area contributed by atoms with Crippen molar-refractivity contribution in [1.29, 1.82) is 0 Å². The highest BCUT2D eigenvalue weighted by atomic mass is 16.7. The normalized spacial score (nSPS) is 38.4. The molecule has 1 heterocycles. The Bertz CT molecular complexity index is 471. The highest BCUT2D eigenvalue weighted by Crippen LogP contribution is 2.40. The topological polar surface area (TPSA) is 107 Å². The van der Waals surface area contributed by atoms with Gasteiger partial charge < -0.3 is 25.2 Å². The summed E-state index contributed by atoms with van der Waals surface area (Å²) >= 11 is 0. The molecule has 2 rings (SSSR count). The Labute approximate surface area is 109 Å². The first kappa shape index (κ1) is 14.1. The number of ketones is 1. The van der Waals surface area contributed by atoms with Crippen molar-refractivity contribution in [2.45, 2.75) is 30.5 Å². The minimum atomic E-state index is -2.60. The lowest BCUT2D eigenvalue weighted by Crippen LogP contribution is -2.59. The molecule has 0 amide bonds. The van der Waals surface area contributed by atoms with E-state index in [-0.39, 0.29) is 5.56 Å². The standard InChI is InChI=1S/C13H16O6/c1-12(17)11(16)9(7-14)19-13(12,18)10(15)8-5-3-2-4-6-8/h2-6,9,11,14,16-18H,7H2,1H3/t9-,11-,12-,13?/m1/s1. The molecule has 1 aliphatic heterocycles. The number of carbonyl (C=O) groups excluding carboxylic acids is 1. The van der Waals surface area contributed by atoms with E-state index in [0.717, 1.165) is 6.92 Å². The number of aliphatic hydroxyl groups is 4. The number of hydrogen-bond donors (Lipinski definition) is 4. The van der Waals surface area contributed by atoms with Gasteiger partial charge in [-0.1, -0.05) is 30.3 Å². The van der Waals surface area contributed by atoms with Gasteiger partial charge in [0.05, 0.1) is 6.61 Å². The molecule has 0 spiro atoms. The summed E-state index contributed by atoms with van der Waals surface area (Å²) in [6.07, 6.45) is -2.80. The molecule has 6 heteroatoms. The molecule has 1 saturated heterocycles. The summed E-state index contributed by atoms with van der Waals surface area (Å²) in [7, 11) is 0. The zero-order chi connectivity index (χ0) is 14.3. The lowest BCUT2D eigenvalue weighted by molar-refractivity contribution is -0.226. The van der Waals surface area contributed by atoms with Gasteiger partial charge in [0.1, 0.15) is 12.2 Å². The van der Waals surface area contributed by atoms with Gasteiger partial charge >= 0.3 is 0 Å². The second-order valence-corrected chi connectivity index (χ2v) is 4.77. The summed E-state index contributed by atoms with van der Waals surface area (Å²) in [6, 6.07) is 7.80. The van der Waals surface area contributed by atoms with Gasteiger partial charge in [-0.2, -0.15) is 0 Å². The highest BCUT2D eigenvalue weighted by Gasteiger charge is 2.65. The Hall–Kier alpha value is -1.31. The second kappa shape index (κ2) is 4.66. The molecule has 4 atom stereocenters. The predicted molar refractivity (Wildman–Crippen MR) is 64.3 cm³/mol. The van der Waals surface area contributed by atoms with E-state index in [1.807, 2.05) is 0 Å². The van der Waals surface area contributed by atoms with Crippen LogP contribution in [-0.4, -0.2) is 56.4 Å². The van der Waals surface area contributed by atoms with Crippen LogP contribution in [0.1, 0.15) is 17.3 Å². The molecule has 1 aromatic carbocycles. The van der Waals surface area contributed by atoms with Crippen molar-refractivity contribution < 1.29 is 30.0 Å². The molecule has 1 aromatic rings. The maximum absolute atomic E-state index is 12.3. The van der Waals surface area contributed by atoms with Crippen LogP contribution >= 0.6 is 0 Å². The first-order valence-electron chi connectivity index (χ1n) is 5.86. The van der Waals surface area contributed by atoms with Crippen LogP contribution < -0.4 is 0 Å². The van der Waals surface area contributed by atoms with Gasteiger partial charge in [0, 0.05) is 5.56 Å². The molecular weight excluding hydrogens is 252 g/mol.